The molecular weight excluding hydrogens is 326 g/mol. The molecule has 26 heavy (non-hydrogen) atoms. The van der Waals surface area contributed by atoms with E-state index in [2.05, 4.69) is 5.32 Å². The first-order valence-corrected chi connectivity index (χ1v) is 8.26. The predicted molar refractivity (Wildman–Crippen MR) is 98.9 cm³/mol. The Kier molecular flexibility index (Phi) is 3.73. The molecule has 4 nitrogen and oxygen atoms in total. The Labute approximate surface area is 150 Å². The Morgan fingerprint density at radius 2 is 1.31 bits per heavy atom. The Balaban J connectivity index is 1.84. The molecule has 0 fully saturated rings. The summed E-state index contributed by atoms with van der Waals surface area (Å²) >= 11 is 0. The molecule has 0 aromatic heterocycles. The summed E-state index contributed by atoms with van der Waals surface area (Å²) < 4.78 is 0. The minimum Gasteiger partial charge on any atom is -0.321 e. The molecule has 3 aromatic rings. The summed E-state index contributed by atoms with van der Waals surface area (Å²) in [7, 11) is 0. The highest BCUT2D eigenvalue weighted by atomic mass is 16.2. The lowest BCUT2D eigenvalue weighted by Crippen LogP contribution is -2.25. The summed E-state index contributed by atoms with van der Waals surface area (Å²) in [4.78, 5) is 38.5. The fourth-order valence-corrected chi connectivity index (χ4v) is 3.27. The van der Waals surface area contributed by atoms with Crippen LogP contribution in [-0.4, -0.2) is 17.5 Å². The van der Waals surface area contributed by atoms with Crippen molar-refractivity contribution in [2.75, 3.05) is 5.32 Å². The summed E-state index contributed by atoms with van der Waals surface area (Å²) in [6, 6.07) is 18.9. The van der Waals surface area contributed by atoms with Crippen molar-refractivity contribution in [3.63, 3.8) is 0 Å². The van der Waals surface area contributed by atoms with E-state index in [0.29, 0.717) is 33.5 Å². The number of aryl methyl sites for hydroxylation is 1. The molecule has 4 rings (SSSR count). The van der Waals surface area contributed by atoms with E-state index in [0.717, 1.165) is 0 Å². The standard InChI is InChI=1S/C22H15NO3/c1-13-11-12-17(23-22(26)14-7-3-2-4-8-14)19-18(13)20(24)15-9-5-6-10-16(15)21(19)25/h2-12H,1H3,(H,23,26). The molecular formula is C22H15NO3. The molecule has 126 valence electrons. The van der Waals surface area contributed by atoms with Gasteiger partial charge < -0.3 is 5.32 Å². The summed E-state index contributed by atoms with van der Waals surface area (Å²) in [5.41, 5.74) is 2.94. The van der Waals surface area contributed by atoms with Crippen LogP contribution in [-0.2, 0) is 0 Å². The van der Waals surface area contributed by atoms with Crippen molar-refractivity contribution in [1.29, 1.82) is 0 Å². The first-order chi connectivity index (χ1) is 12.6. The van der Waals surface area contributed by atoms with E-state index in [-0.39, 0.29) is 23.0 Å². The number of nitrogens with one attached hydrogen (secondary N) is 1. The topological polar surface area (TPSA) is 63.2 Å². The van der Waals surface area contributed by atoms with E-state index in [4.69, 9.17) is 0 Å². The van der Waals surface area contributed by atoms with Crippen LogP contribution in [0.5, 0.6) is 0 Å². The lowest BCUT2D eigenvalue weighted by Gasteiger charge is -2.22. The van der Waals surface area contributed by atoms with Gasteiger partial charge in [-0.2, -0.15) is 0 Å². The van der Waals surface area contributed by atoms with E-state index in [9.17, 15) is 14.4 Å². The van der Waals surface area contributed by atoms with Crippen molar-refractivity contribution >= 4 is 23.2 Å². The minimum absolute atomic E-state index is 0.191. The van der Waals surface area contributed by atoms with Crippen LogP contribution in [0.2, 0.25) is 0 Å². The normalized spacial score (nSPS) is 12.3. The molecule has 0 aliphatic heterocycles. The Morgan fingerprint density at radius 1 is 0.731 bits per heavy atom. The molecule has 4 heteroatoms. The molecule has 0 saturated carbocycles. The first-order valence-electron chi connectivity index (χ1n) is 8.26. The van der Waals surface area contributed by atoms with Gasteiger partial charge in [0.15, 0.2) is 11.6 Å². The number of rotatable bonds is 2. The van der Waals surface area contributed by atoms with Gasteiger partial charge in [0.05, 0.1) is 11.3 Å². The molecule has 0 atom stereocenters. The van der Waals surface area contributed by atoms with Crippen LogP contribution in [0.4, 0.5) is 5.69 Å². The van der Waals surface area contributed by atoms with Crippen LogP contribution in [0.15, 0.2) is 66.7 Å². The second-order valence-electron chi connectivity index (χ2n) is 6.20. The lowest BCUT2D eigenvalue weighted by atomic mass is 9.81. The zero-order valence-corrected chi connectivity index (χ0v) is 14.1. The number of benzene rings is 3. The zero-order chi connectivity index (χ0) is 18.3. The SMILES string of the molecule is Cc1ccc(NC(=O)c2ccccc2)c2c1C(=O)c1ccccc1C2=O. The molecule has 0 heterocycles. The second kappa shape index (κ2) is 6.08. The van der Waals surface area contributed by atoms with Crippen molar-refractivity contribution in [1.82, 2.24) is 0 Å². The monoisotopic (exact) mass is 341 g/mol. The first kappa shape index (κ1) is 16.0. The number of hydrogen-bond acceptors (Lipinski definition) is 3. The van der Waals surface area contributed by atoms with Crippen molar-refractivity contribution in [2.45, 2.75) is 6.92 Å². The third-order valence-corrected chi connectivity index (χ3v) is 4.57. The van der Waals surface area contributed by atoms with Gasteiger partial charge in [-0.25, -0.2) is 0 Å². The second-order valence-corrected chi connectivity index (χ2v) is 6.20. The lowest BCUT2D eigenvalue weighted by molar-refractivity contribution is 0.0978. The van der Waals surface area contributed by atoms with Gasteiger partial charge in [0.1, 0.15) is 0 Å². The molecule has 0 radical (unpaired) electrons. The maximum absolute atomic E-state index is 13.0. The quantitative estimate of drug-likeness (QED) is 0.599. The third kappa shape index (κ3) is 2.43. The number of hydrogen-bond donors (Lipinski definition) is 1. The molecule has 3 aromatic carbocycles. The number of ketones is 2. The summed E-state index contributed by atoms with van der Waals surface area (Å²) in [6.07, 6.45) is 0. The van der Waals surface area contributed by atoms with Gasteiger partial charge in [-0.3, -0.25) is 14.4 Å². The zero-order valence-electron chi connectivity index (χ0n) is 14.1. The summed E-state index contributed by atoms with van der Waals surface area (Å²) in [5, 5.41) is 2.78. The Hall–Kier alpha value is -3.53. The maximum Gasteiger partial charge on any atom is 0.255 e. The molecule has 1 aliphatic rings. The summed E-state index contributed by atoms with van der Waals surface area (Å²) in [5.74, 6) is -0.762. The highest BCUT2D eigenvalue weighted by molar-refractivity contribution is 6.31. The molecule has 0 bridgehead atoms. The largest absolute Gasteiger partial charge is 0.321 e. The van der Waals surface area contributed by atoms with Crippen molar-refractivity contribution in [3.8, 4) is 0 Å². The molecule has 1 N–H and O–H groups in total. The van der Waals surface area contributed by atoms with Gasteiger partial charge in [-0.15, -0.1) is 0 Å². The van der Waals surface area contributed by atoms with Crippen LogP contribution in [0, 0.1) is 6.92 Å². The van der Waals surface area contributed by atoms with E-state index < -0.39 is 0 Å². The van der Waals surface area contributed by atoms with E-state index >= 15 is 0 Å². The molecule has 1 aliphatic carbocycles. The molecule has 0 unspecified atom stereocenters. The van der Waals surface area contributed by atoms with Gasteiger partial charge in [0, 0.05) is 22.3 Å². The van der Waals surface area contributed by atoms with Crippen molar-refractivity contribution in [2.24, 2.45) is 0 Å². The summed E-state index contributed by atoms with van der Waals surface area (Å²) in [6.45, 7) is 1.79. The number of carbonyl (C=O) groups excluding carboxylic acids is 3. The highest BCUT2D eigenvalue weighted by Gasteiger charge is 2.33. The van der Waals surface area contributed by atoms with Crippen LogP contribution in [0.1, 0.15) is 47.8 Å². The average molecular weight is 341 g/mol. The van der Waals surface area contributed by atoms with E-state index in [1.54, 1.807) is 67.6 Å². The number of carbonyl (C=O) groups is 3. The van der Waals surface area contributed by atoms with Gasteiger partial charge in [0.25, 0.3) is 5.91 Å². The van der Waals surface area contributed by atoms with Gasteiger partial charge in [-0.05, 0) is 30.7 Å². The van der Waals surface area contributed by atoms with Crippen molar-refractivity contribution < 1.29 is 14.4 Å². The third-order valence-electron chi connectivity index (χ3n) is 4.57. The van der Waals surface area contributed by atoms with Gasteiger partial charge >= 0.3 is 0 Å². The molecule has 1 amide bonds. The highest BCUT2D eigenvalue weighted by Crippen LogP contribution is 2.34. The van der Waals surface area contributed by atoms with Gasteiger partial charge in [0.2, 0.25) is 0 Å². The van der Waals surface area contributed by atoms with Gasteiger partial charge in [-0.1, -0.05) is 48.5 Å². The maximum atomic E-state index is 13.0. The minimum atomic E-state index is -0.323. The smallest absolute Gasteiger partial charge is 0.255 e. The van der Waals surface area contributed by atoms with Crippen LogP contribution in [0.3, 0.4) is 0 Å². The Bertz CT molecular complexity index is 1070. The van der Waals surface area contributed by atoms with Crippen LogP contribution in [0.25, 0.3) is 0 Å². The Morgan fingerprint density at radius 3 is 1.96 bits per heavy atom. The van der Waals surface area contributed by atoms with Crippen LogP contribution >= 0.6 is 0 Å². The fourth-order valence-electron chi connectivity index (χ4n) is 3.27. The predicted octanol–water partition coefficient (Wildman–Crippen LogP) is 4.02. The van der Waals surface area contributed by atoms with Crippen molar-refractivity contribution in [3.05, 3.63) is 100 Å². The molecule has 0 saturated heterocycles. The van der Waals surface area contributed by atoms with E-state index in [1.807, 2.05) is 6.07 Å². The molecule has 0 spiro atoms. The fraction of sp³-hybridized carbons (Fsp3) is 0.0455. The number of fused-ring (bicyclic) bond motifs is 2. The average Bonchev–Trinajstić information content (AvgIpc) is 2.68. The number of anilines is 1. The van der Waals surface area contributed by atoms with Crippen LogP contribution < -0.4 is 5.32 Å². The number of amides is 1. The van der Waals surface area contributed by atoms with E-state index in [1.165, 1.54) is 0 Å².